The molecule has 0 radical (unpaired) electrons. The fourth-order valence-electron chi connectivity index (χ4n) is 4.07. The molecule has 0 saturated carbocycles. The molecule has 166 valence electrons. The number of fused-ring (bicyclic) bond motifs is 1. The first kappa shape index (κ1) is 21.5. The van der Waals surface area contributed by atoms with E-state index in [0.29, 0.717) is 17.2 Å². The molecule has 11 nitrogen and oxygen atoms in total. The highest BCUT2D eigenvalue weighted by Gasteiger charge is 2.43. The lowest BCUT2D eigenvalue weighted by Crippen LogP contribution is -2.33. The highest BCUT2D eigenvalue weighted by molar-refractivity contribution is 5.81. The number of aromatic nitrogens is 5. The van der Waals surface area contributed by atoms with Crippen molar-refractivity contribution in [2.45, 2.75) is 43.4 Å². The van der Waals surface area contributed by atoms with Gasteiger partial charge in [-0.3, -0.25) is 14.5 Å². The molecule has 2 aliphatic heterocycles. The Morgan fingerprint density at radius 3 is 2.71 bits per heavy atom. The third-order valence-corrected chi connectivity index (χ3v) is 5.77. The maximum atomic E-state index is 9.95. The van der Waals surface area contributed by atoms with Crippen LogP contribution in [0.3, 0.4) is 0 Å². The topological polar surface area (TPSA) is 156 Å². The van der Waals surface area contributed by atoms with Gasteiger partial charge in [0.05, 0.1) is 12.9 Å². The average Bonchev–Trinajstić information content (AvgIpc) is 3.48. The molecule has 2 aliphatic rings. The van der Waals surface area contributed by atoms with Gasteiger partial charge in [0.1, 0.15) is 30.2 Å². The summed E-state index contributed by atoms with van der Waals surface area (Å²) in [4.78, 5) is 18.4. The molecule has 0 aromatic carbocycles. The Labute approximate surface area is 179 Å². The van der Waals surface area contributed by atoms with E-state index in [4.69, 9.17) is 15.6 Å². The van der Waals surface area contributed by atoms with Crippen molar-refractivity contribution in [2.24, 2.45) is 0 Å². The van der Waals surface area contributed by atoms with Crippen molar-refractivity contribution in [3.8, 4) is 0 Å². The number of aliphatic hydroxyl groups is 3. The number of likely N-dealkylation sites (tertiary alicyclic amines) is 1. The first-order valence-electron chi connectivity index (χ1n) is 10.2. The summed E-state index contributed by atoms with van der Waals surface area (Å²) in [6.07, 6.45) is 4.98. The van der Waals surface area contributed by atoms with Crippen molar-refractivity contribution >= 4 is 17.0 Å². The summed E-state index contributed by atoms with van der Waals surface area (Å²) in [6.45, 7) is 0.831. The van der Waals surface area contributed by atoms with Gasteiger partial charge in [-0.25, -0.2) is 15.0 Å². The van der Waals surface area contributed by atoms with Gasteiger partial charge >= 0.3 is 0 Å². The predicted octanol–water partition coefficient (Wildman–Crippen LogP) is -0.132. The molecule has 2 saturated heterocycles. The van der Waals surface area contributed by atoms with E-state index in [1.807, 2.05) is 18.5 Å². The molecule has 5 rings (SSSR count). The van der Waals surface area contributed by atoms with E-state index in [1.165, 1.54) is 42.2 Å². The zero-order chi connectivity index (χ0) is 22.0. The van der Waals surface area contributed by atoms with Crippen LogP contribution >= 0.6 is 0 Å². The number of pyridine rings is 1. The van der Waals surface area contributed by atoms with Gasteiger partial charge in [0.25, 0.3) is 0 Å². The number of rotatable bonds is 3. The van der Waals surface area contributed by atoms with E-state index in [0.717, 1.165) is 0 Å². The summed E-state index contributed by atoms with van der Waals surface area (Å²) in [6, 6.07) is 4.79. The van der Waals surface area contributed by atoms with Crippen LogP contribution in [0.15, 0.2) is 37.2 Å². The highest BCUT2D eigenvalue weighted by atomic mass is 16.6. The van der Waals surface area contributed by atoms with Crippen LogP contribution in [0.2, 0.25) is 0 Å². The van der Waals surface area contributed by atoms with Crippen molar-refractivity contribution in [3.05, 3.63) is 42.7 Å². The molecule has 0 spiro atoms. The molecular formula is C20H27N7O4. The fraction of sp³-hybridized carbons (Fsp3) is 0.500. The van der Waals surface area contributed by atoms with Gasteiger partial charge in [-0.05, 0) is 38.1 Å². The van der Waals surface area contributed by atoms with Gasteiger partial charge in [-0.1, -0.05) is 6.07 Å². The van der Waals surface area contributed by atoms with Gasteiger partial charge in [-0.15, -0.1) is 0 Å². The number of anilines is 1. The maximum absolute atomic E-state index is 9.95. The summed E-state index contributed by atoms with van der Waals surface area (Å²) < 4.78 is 6.85. The number of nitrogens with zero attached hydrogens (tertiary/aromatic N) is 6. The number of imidazole rings is 1. The third-order valence-electron chi connectivity index (χ3n) is 5.77. The Morgan fingerprint density at radius 2 is 2.06 bits per heavy atom. The second kappa shape index (κ2) is 9.20. The Morgan fingerprint density at radius 1 is 1.23 bits per heavy atom. The smallest absolute Gasteiger partial charge is 0.167 e. The molecule has 5 N–H and O–H groups in total. The molecule has 3 aromatic heterocycles. The molecule has 0 bridgehead atoms. The molecule has 11 heteroatoms. The molecule has 31 heavy (non-hydrogen) atoms. The minimum absolute atomic E-state index is 0.218. The first-order chi connectivity index (χ1) is 15.0. The Balaban J connectivity index is 0.000000166. The second-order valence-electron chi connectivity index (χ2n) is 7.74. The summed E-state index contributed by atoms with van der Waals surface area (Å²) in [5, 5.41) is 28.7. The van der Waals surface area contributed by atoms with Crippen molar-refractivity contribution < 1.29 is 20.1 Å². The maximum Gasteiger partial charge on any atom is 0.167 e. The number of hydrogen-bond donors (Lipinski definition) is 4. The van der Waals surface area contributed by atoms with Crippen LogP contribution in [0.4, 0.5) is 5.82 Å². The molecule has 0 amide bonds. The first-order valence-corrected chi connectivity index (χ1v) is 10.2. The minimum atomic E-state index is -1.19. The molecule has 3 aromatic rings. The Bertz CT molecular complexity index is 1000. The van der Waals surface area contributed by atoms with Crippen LogP contribution in [0.5, 0.6) is 0 Å². The SMILES string of the molecule is CN1CCC[C@H]1c1cccnc1.Nc1ncnc2c1ncn2[C@@H]1O[C@H](CO)[C@@H](O)[C@H]1O. The summed E-state index contributed by atoms with van der Waals surface area (Å²) in [7, 11) is 2.19. The standard InChI is InChI=1S/C10H13N5O4.C10H14N2/c11-8-5-9(13-2-12-8)15(3-14-5)10-7(18)6(17)4(1-16)19-10;1-12-7-3-5-10(12)9-4-2-6-11-8-9/h2-4,6-7,10,16-18H,1H2,(H2,11,12,13);2,4,6,8,10H,3,5,7H2,1H3/t4-,6-,7-,10-;10-/m10/s1. The monoisotopic (exact) mass is 429 g/mol. The molecule has 0 aliphatic carbocycles. The summed E-state index contributed by atoms with van der Waals surface area (Å²) in [5.41, 5.74) is 7.80. The van der Waals surface area contributed by atoms with Gasteiger partial charge in [0, 0.05) is 18.4 Å². The largest absolute Gasteiger partial charge is 0.394 e. The normalized spacial score (nSPS) is 28.6. The van der Waals surface area contributed by atoms with Crippen molar-refractivity contribution in [2.75, 3.05) is 25.9 Å². The second-order valence-corrected chi connectivity index (χ2v) is 7.74. The van der Waals surface area contributed by atoms with E-state index < -0.39 is 31.1 Å². The van der Waals surface area contributed by atoms with Gasteiger partial charge < -0.3 is 25.8 Å². The van der Waals surface area contributed by atoms with Crippen LogP contribution in [0.1, 0.15) is 30.7 Å². The number of nitrogen functional groups attached to an aromatic ring is 1. The van der Waals surface area contributed by atoms with Gasteiger partial charge in [0.15, 0.2) is 17.7 Å². The van der Waals surface area contributed by atoms with Crippen LogP contribution in [0, 0.1) is 0 Å². The Hall–Kier alpha value is -2.70. The molecule has 0 unspecified atom stereocenters. The van der Waals surface area contributed by atoms with Crippen LogP contribution in [0.25, 0.3) is 11.2 Å². The van der Waals surface area contributed by atoms with Crippen molar-refractivity contribution in [1.82, 2.24) is 29.4 Å². The van der Waals surface area contributed by atoms with Crippen molar-refractivity contribution in [3.63, 3.8) is 0 Å². The summed E-state index contributed by atoms with van der Waals surface area (Å²) in [5.74, 6) is 0.218. The van der Waals surface area contributed by atoms with Crippen LogP contribution in [-0.2, 0) is 4.74 Å². The van der Waals surface area contributed by atoms with E-state index in [9.17, 15) is 10.2 Å². The van der Waals surface area contributed by atoms with E-state index in [2.05, 4.69) is 37.9 Å². The molecular weight excluding hydrogens is 402 g/mol. The Kier molecular flexibility index (Phi) is 6.39. The average molecular weight is 429 g/mol. The highest BCUT2D eigenvalue weighted by Crippen LogP contribution is 2.31. The lowest BCUT2D eigenvalue weighted by molar-refractivity contribution is -0.0511. The van der Waals surface area contributed by atoms with E-state index in [-0.39, 0.29) is 5.82 Å². The molecule has 5 atom stereocenters. The van der Waals surface area contributed by atoms with Crippen LogP contribution < -0.4 is 5.73 Å². The third kappa shape index (κ3) is 4.23. The quantitative estimate of drug-likeness (QED) is 0.442. The van der Waals surface area contributed by atoms with Crippen molar-refractivity contribution in [1.29, 1.82) is 0 Å². The van der Waals surface area contributed by atoms with E-state index >= 15 is 0 Å². The number of hydrogen-bond acceptors (Lipinski definition) is 10. The lowest BCUT2D eigenvalue weighted by atomic mass is 10.1. The zero-order valence-corrected chi connectivity index (χ0v) is 17.2. The summed E-state index contributed by atoms with van der Waals surface area (Å²) >= 11 is 0. The number of aliphatic hydroxyl groups excluding tert-OH is 3. The molecule has 2 fully saturated rings. The number of nitrogens with two attached hydrogens (primary N) is 1. The fourth-order valence-corrected chi connectivity index (χ4v) is 4.07. The van der Waals surface area contributed by atoms with Gasteiger partial charge in [-0.2, -0.15) is 0 Å². The van der Waals surface area contributed by atoms with E-state index in [1.54, 1.807) is 0 Å². The van der Waals surface area contributed by atoms with Gasteiger partial charge in [0.2, 0.25) is 0 Å². The number of ether oxygens (including phenoxy) is 1. The van der Waals surface area contributed by atoms with Crippen LogP contribution in [-0.4, -0.2) is 83.2 Å². The molecule has 5 heterocycles. The zero-order valence-electron chi connectivity index (χ0n) is 17.2. The minimum Gasteiger partial charge on any atom is -0.394 e. The lowest BCUT2D eigenvalue weighted by Gasteiger charge is -2.18. The predicted molar refractivity (Wildman–Crippen MR) is 112 cm³/mol.